The van der Waals surface area contributed by atoms with E-state index in [9.17, 15) is 14.4 Å². The Balaban J connectivity index is 1.62. The fraction of sp³-hybridized carbons (Fsp3) is 0.214. The number of hydrogen-bond donors (Lipinski definition) is 1. The lowest BCUT2D eigenvalue weighted by molar-refractivity contribution is -0.141. The van der Waals surface area contributed by atoms with Gasteiger partial charge in [0, 0.05) is 25.2 Å². The third kappa shape index (κ3) is 2.85. The second-order valence-corrected chi connectivity index (χ2v) is 4.80. The van der Waals surface area contributed by atoms with Crippen LogP contribution >= 0.6 is 0 Å². The van der Waals surface area contributed by atoms with Crippen molar-refractivity contribution in [1.29, 1.82) is 0 Å². The predicted octanol–water partition coefficient (Wildman–Crippen LogP) is 0.355. The molecule has 1 aliphatic heterocycles. The van der Waals surface area contributed by atoms with Gasteiger partial charge in [-0.25, -0.2) is 9.97 Å². The van der Waals surface area contributed by atoms with Gasteiger partial charge in [-0.05, 0) is 12.1 Å². The van der Waals surface area contributed by atoms with Crippen LogP contribution in [0.15, 0.2) is 37.1 Å². The molecule has 1 fully saturated rings. The molecule has 112 valence electrons. The molecule has 0 aliphatic carbocycles. The summed E-state index contributed by atoms with van der Waals surface area (Å²) in [6, 6.07) is 3.41. The minimum Gasteiger partial charge on any atom is -0.323 e. The van der Waals surface area contributed by atoms with E-state index < -0.39 is 5.91 Å². The summed E-state index contributed by atoms with van der Waals surface area (Å²) in [6.45, 7) is -0.263. The summed E-state index contributed by atoms with van der Waals surface area (Å²) >= 11 is 0. The molecule has 3 amide bonds. The Bertz CT molecular complexity index is 693. The first kappa shape index (κ1) is 13.9. The number of nitrogens with zero attached hydrogens (tertiary/aromatic N) is 4. The minimum atomic E-state index is -0.430. The quantitative estimate of drug-likeness (QED) is 0.822. The second-order valence-electron chi connectivity index (χ2n) is 4.80. The van der Waals surface area contributed by atoms with Crippen molar-refractivity contribution in [2.75, 3.05) is 11.9 Å². The number of amides is 3. The highest BCUT2D eigenvalue weighted by molar-refractivity contribution is 6.06. The lowest BCUT2D eigenvalue weighted by atomic mass is 10.4. The van der Waals surface area contributed by atoms with Gasteiger partial charge in [-0.3, -0.25) is 23.9 Å². The van der Waals surface area contributed by atoms with Crippen LogP contribution < -0.4 is 5.32 Å². The van der Waals surface area contributed by atoms with Gasteiger partial charge in [-0.15, -0.1) is 0 Å². The first-order chi connectivity index (χ1) is 10.6. The van der Waals surface area contributed by atoms with Crippen LogP contribution in [-0.4, -0.2) is 43.7 Å². The lowest BCUT2D eigenvalue weighted by Gasteiger charge is -2.13. The summed E-state index contributed by atoms with van der Waals surface area (Å²) in [5, 5.41) is 2.61. The van der Waals surface area contributed by atoms with Gasteiger partial charge in [0.15, 0.2) is 0 Å². The van der Waals surface area contributed by atoms with Crippen LogP contribution in [0.5, 0.6) is 0 Å². The van der Waals surface area contributed by atoms with E-state index in [1.165, 1.54) is 6.20 Å². The molecule has 8 heteroatoms. The summed E-state index contributed by atoms with van der Waals surface area (Å²) in [5.74, 6) is -0.386. The maximum atomic E-state index is 11.9. The van der Waals surface area contributed by atoms with Crippen molar-refractivity contribution in [2.24, 2.45) is 0 Å². The molecule has 2 aromatic rings. The Hall–Kier alpha value is -3.03. The third-order valence-corrected chi connectivity index (χ3v) is 3.26. The number of carbonyl (C=O) groups excluding carboxylic acids is 3. The van der Waals surface area contributed by atoms with E-state index in [0.717, 1.165) is 4.90 Å². The molecule has 22 heavy (non-hydrogen) atoms. The second kappa shape index (κ2) is 5.76. The molecule has 0 saturated carbocycles. The maximum absolute atomic E-state index is 11.9. The molecule has 0 unspecified atom stereocenters. The summed E-state index contributed by atoms with van der Waals surface area (Å²) < 4.78 is 1.73. The van der Waals surface area contributed by atoms with Crippen LogP contribution in [-0.2, 0) is 14.4 Å². The van der Waals surface area contributed by atoms with Gasteiger partial charge in [-0.2, -0.15) is 0 Å². The molecule has 0 aromatic carbocycles. The first-order valence-electron chi connectivity index (χ1n) is 6.71. The highest BCUT2D eigenvalue weighted by atomic mass is 16.2. The number of hydrogen-bond acceptors (Lipinski definition) is 5. The number of rotatable bonds is 4. The van der Waals surface area contributed by atoms with E-state index in [-0.39, 0.29) is 31.2 Å². The van der Waals surface area contributed by atoms with Crippen molar-refractivity contribution >= 4 is 23.4 Å². The largest absolute Gasteiger partial charge is 0.323 e. The van der Waals surface area contributed by atoms with E-state index in [2.05, 4.69) is 15.3 Å². The molecule has 1 N–H and O–H groups in total. The number of likely N-dealkylation sites (tertiary alicyclic amines) is 1. The molecular formula is C14H13N5O3. The standard InChI is InChI=1S/C14H13N5O3/c20-12(8-19-13(21)3-4-14(19)22)17-10-1-2-11(16-7-10)18-6-5-15-9-18/h1-2,5-7,9H,3-4,8H2,(H,17,20). The van der Waals surface area contributed by atoms with E-state index >= 15 is 0 Å². The fourth-order valence-corrected chi connectivity index (χ4v) is 2.15. The van der Waals surface area contributed by atoms with E-state index in [4.69, 9.17) is 0 Å². The summed E-state index contributed by atoms with van der Waals surface area (Å²) in [6.07, 6.45) is 6.86. The van der Waals surface area contributed by atoms with Gasteiger partial charge in [0.05, 0.1) is 11.9 Å². The van der Waals surface area contributed by atoms with Gasteiger partial charge in [0.2, 0.25) is 17.7 Å². The smallest absolute Gasteiger partial charge is 0.244 e. The van der Waals surface area contributed by atoms with Gasteiger partial charge in [0.25, 0.3) is 0 Å². The number of aromatic nitrogens is 3. The van der Waals surface area contributed by atoms with Crippen molar-refractivity contribution < 1.29 is 14.4 Å². The van der Waals surface area contributed by atoms with Crippen molar-refractivity contribution in [3.8, 4) is 5.82 Å². The van der Waals surface area contributed by atoms with Gasteiger partial charge in [0.1, 0.15) is 18.7 Å². The lowest BCUT2D eigenvalue weighted by Crippen LogP contribution is -2.36. The van der Waals surface area contributed by atoms with E-state index in [1.54, 1.807) is 35.4 Å². The number of imidazole rings is 1. The molecule has 3 rings (SSSR count). The minimum absolute atomic E-state index is 0.174. The van der Waals surface area contributed by atoms with Crippen LogP contribution in [0.2, 0.25) is 0 Å². The molecule has 8 nitrogen and oxygen atoms in total. The van der Waals surface area contributed by atoms with Crippen LogP contribution in [0.4, 0.5) is 5.69 Å². The average Bonchev–Trinajstić information content (AvgIpc) is 3.14. The van der Waals surface area contributed by atoms with Crippen molar-refractivity contribution in [2.45, 2.75) is 12.8 Å². The SMILES string of the molecule is O=C(CN1C(=O)CCC1=O)Nc1ccc(-n2ccnc2)nc1. The van der Waals surface area contributed by atoms with E-state index in [1.807, 2.05) is 0 Å². The highest BCUT2D eigenvalue weighted by Crippen LogP contribution is 2.13. The zero-order valence-corrected chi connectivity index (χ0v) is 11.6. The number of pyridine rings is 1. The number of nitrogens with one attached hydrogen (secondary N) is 1. The number of carbonyl (C=O) groups is 3. The Morgan fingerprint density at radius 1 is 1.23 bits per heavy atom. The van der Waals surface area contributed by atoms with Crippen molar-refractivity contribution in [1.82, 2.24) is 19.4 Å². The van der Waals surface area contributed by atoms with Crippen molar-refractivity contribution in [3.63, 3.8) is 0 Å². The van der Waals surface area contributed by atoms with Gasteiger partial charge >= 0.3 is 0 Å². The third-order valence-electron chi connectivity index (χ3n) is 3.26. The topological polar surface area (TPSA) is 97.2 Å². The molecule has 0 spiro atoms. The van der Waals surface area contributed by atoms with Gasteiger partial charge < -0.3 is 5.32 Å². The van der Waals surface area contributed by atoms with Crippen LogP contribution in [0.1, 0.15) is 12.8 Å². The monoisotopic (exact) mass is 299 g/mol. The summed E-state index contributed by atoms with van der Waals surface area (Å²) in [5.41, 5.74) is 0.493. The summed E-state index contributed by atoms with van der Waals surface area (Å²) in [4.78, 5) is 43.9. The Labute approximate surface area is 125 Å². The molecule has 2 aromatic heterocycles. The zero-order chi connectivity index (χ0) is 15.5. The highest BCUT2D eigenvalue weighted by Gasteiger charge is 2.30. The first-order valence-corrected chi connectivity index (χ1v) is 6.71. The number of anilines is 1. The molecule has 1 saturated heterocycles. The molecule has 0 atom stereocenters. The zero-order valence-electron chi connectivity index (χ0n) is 11.6. The normalized spacial score (nSPS) is 14.5. The van der Waals surface area contributed by atoms with Gasteiger partial charge in [-0.1, -0.05) is 0 Å². The van der Waals surface area contributed by atoms with Crippen molar-refractivity contribution in [3.05, 3.63) is 37.1 Å². The molecule has 0 bridgehead atoms. The fourth-order valence-electron chi connectivity index (χ4n) is 2.15. The Morgan fingerprint density at radius 2 is 2.00 bits per heavy atom. The van der Waals surface area contributed by atoms with E-state index in [0.29, 0.717) is 11.5 Å². The maximum Gasteiger partial charge on any atom is 0.244 e. The molecule has 1 aliphatic rings. The van der Waals surface area contributed by atoms with Crippen LogP contribution in [0.25, 0.3) is 5.82 Å². The summed E-state index contributed by atoms with van der Waals surface area (Å²) in [7, 11) is 0. The molecule has 3 heterocycles. The molecule has 0 radical (unpaired) electrons. The predicted molar refractivity (Wildman–Crippen MR) is 75.9 cm³/mol. The Kier molecular flexibility index (Phi) is 3.65. The van der Waals surface area contributed by atoms with Crippen LogP contribution in [0, 0.1) is 0 Å². The Morgan fingerprint density at radius 3 is 2.59 bits per heavy atom. The average molecular weight is 299 g/mol. The number of imide groups is 1. The molecular weight excluding hydrogens is 286 g/mol. The van der Waals surface area contributed by atoms with Crippen LogP contribution in [0.3, 0.4) is 0 Å².